The van der Waals surface area contributed by atoms with Gasteiger partial charge in [-0.25, -0.2) is 0 Å². The number of likely N-dealkylation sites (tertiary alicyclic amines) is 1. The zero-order chi connectivity index (χ0) is 15.9. The van der Waals surface area contributed by atoms with E-state index in [1.807, 2.05) is 14.1 Å². The van der Waals surface area contributed by atoms with Crippen molar-refractivity contribution in [3.63, 3.8) is 0 Å². The molecule has 1 aliphatic rings. The zero-order valence-electron chi connectivity index (χ0n) is 13.5. The summed E-state index contributed by atoms with van der Waals surface area (Å²) in [6.45, 7) is 4.26. The molecule has 124 valence electrons. The number of nitrogens with one attached hydrogen (secondary N) is 1. The molecule has 1 aliphatic heterocycles. The molecule has 1 N–H and O–H groups in total. The van der Waals surface area contributed by atoms with E-state index in [4.69, 9.17) is 4.74 Å². The number of methoxy groups -OCH3 is 1. The first-order valence-electron chi connectivity index (χ1n) is 7.57. The lowest BCUT2D eigenvalue weighted by Gasteiger charge is -2.14. The van der Waals surface area contributed by atoms with Crippen LogP contribution in [-0.4, -0.2) is 79.9 Å². The third-order valence-electron chi connectivity index (χ3n) is 3.72. The predicted molar refractivity (Wildman–Crippen MR) is 87.2 cm³/mol. The number of anilines is 1. The van der Waals surface area contributed by atoms with Crippen LogP contribution in [-0.2, 0) is 16.0 Å². The van der Waals surface area contributed by atoms with Crippen LogP contribution in [0.2, 0.25) is 0 Å². The minimum Gasteiger partial charge on any atom is -0.383 e. The SMILES string of the molecule is COCCN1CCC(C(=O)Nc2nnc(CCN(C)C)s2)C1. The molecule has 0 aliphatic carbocycles. The van der Waals surface area contributed by atoms with E-state index in [-0.39, 0.29) is 11.8 Å². The highest BCUT2D eigenvalue weighted by Crippen LogP contribution is 2.20. The predicted octanol–water partition coefficient (Wildman–Crippen LogP) is 0.549. The highest BCUT2D eigenvalue weighted by Gasteiger charge is 2.28. The summed E-state index contributed by atoms with van der Waals surface area (Å²) in [6, 6.07) is 0. The number of carbonyl (C=O) groups excluding carboxylic acids is 1. The molecule has 2 rings (SSSR count). The van der Waals surface area contributed by atoms with Gasteiger partial charge in [0.25, 0.3) is 0 Å². The quantitative estimate of drug-likeness (QED) is 0.752. The maximum absolute atomic E-state index is 12.3. The van der Waals surface area contributed by atoms with Crippen LogP contribution >= 0.6 is 11.3 Å². The van der Waals surface area contributed by atoms with E-state index in [9.17, 15) is 4.79 Å². The Morgan fingerprint density at radius 2 is 2.32 bits per heavy atom. The molecule has 1 unspecified atom stereocenters. The van der Waals surface area contributed by atoms with Crippen LogP contribution < -0.4 is 5.32 Å². The molecule has 0 spiro atoms. The van der Waals surface area contributed by atoms with Gasteiger partial charge in [-0.1, -0.05) is 11.3 Å². The van der Waals surface area contributed by atoms with Crippen LogP contribution in [0.4, 0.5) is 5.13 Å². The van der Waals surface area contributed by atoms with E-state index >= 15 is 0 Å². The van der Waals surface area contributed by atoms with E-state index < -0.39 is 0 Å². The first-order valence-corrected chi connectivity index (χ1v) is 8.39. The number of ether oxygens (including phenoxy) is 1. The highest BCUT2D eigenvalue weighted by atomic mass is 32.1. The maximum Gasteiger partial charge on any atom is 0.230 e. The van der Waals surface area contributed by atoms with Crippen LogP contribution in [0.3, 0.4) is 0 Å². The lowest BCUT2D eigenvalue weighted by Crippen LogP contribution is -2.29. The molecule has 2 heterocycles. The first kappa shape index (κ1) is 17.3. The van der Waals surface area contributed by atoms with Crippen LogP contribution in [0, 0.1) is 5.92 Å². The number of aromatic nitrogens is 2. The van der Waals surface area contributed by atoms with Crippen LogP contribution in [0.15, 0.2) is 0 Å². The van der Waals surface area contributed by atoms with Gasteiger partial charge in [0.15, 0.2) is 0 Å². The number of hydrogen-bond acceptors (Lipinski definition) is 7. The van der Waals surface area contributed by atoms with E-state index in [0.29, 0.717) is 11.7 Å². The number of amides is 1. The molecule has 1 aromatic rings. The minimum atomic E-state index is 0.0333. The highest BCUT2D eigenvalue weighted by molar-refractivity contribution is 7.15. The molecule has 1 fully saturated rings. The minimum absolute atomic E-state index is 0.0333. The van der Waals surface area contributed by atoms with Gasteiger partial charge >= 0.3 is 0 Å². The van der Waals surface area contributed by atoms with Crippen molar-refractivity contribution in [1.29, 1.82) is 0 Å². The van der Waals surface area contributed by atoms with Crippen molar-refractivity contribution in [2.24, 2.45) is 5.92 Å². The Bertz CT molecular complexity index is 480. The molecule has 22 heavy (non-hydrogen) atoms. The second kappa shape index (κ2) is 8.52. The largest absolute Gasteiger partial charge is 0.383 e. The van der Waals surface area contributed by atoms with Gasteiger partial charge in [0.05, 0.1) is 12.5 Å². The van der Waals surface area contributed by atoms with Gasteiger partial charge in [0, 0.05) is 33.2 Å². The Labute approximate surface area is 135 Å². The van der Waals surface area contributed by atoms with Gasteiger partial charge in [-0.15, -0.1) is 10.2 Å². The number of rotatable bonds is 8. The van der Waals surface area contributed by atoms with Crippen LogP contribution in [0.25, 0.3) is 0 Å². The molecule has 1 aromatic heterocycles. The number of nitrogens with zero attached hydrogens (tertiary/aromatic N) is 4. The Balaban J connectivity index is 1.77. The standard InChI is InChI=1S/C14H25N5O2S/c1-18(2)6-5-12-16-17-14(22-12)15-13(20)11-4-7-19(10-11)8-9-21-3/h11H,4-10H2,1-3H3,(H,15,17,20). The fourth-order valence-electron chi connectivity index (χ4n) is 2.40. The maximum atomic E-state index is 12.3. The second-order valence-corrected chi connectivity index (χ2v) is 6.88. The summed E-state index contributed by atoms with van der Waals surface area (Å²) >= 11 is 1.46. The molecule has 0 bridgehead atoms. The summed E-state index contributed by atoms with van der Waals surface area (Å²) in [5.74, 6) is 0.0845. The molecule has 1 amide bonds. The van der Waals surface area contributed by atoms with Crippen LogP contribution in [0.1, 0.15) is 11.4 Å². The van der Waals surface area contributed by atoms with Crippen molar-refractivity contribution in [1.82, 2.24) is 20.0 Å². The van der Waals surface area contributed by atoms with Crippen molar-refractivity contribution in [3.05, 3.63) is 5.01 Å². The van der Waals surface area contributed by atoms with E-state index in [2.05, 4.69) is 25.3 Å². The van der Waals surface area contributed by atoms with Gasteiger partial charge in [-0.05, 0) is 27.1 Å². The van der Waals surface area contributed by atoms with Crippen molar-refractivity contribution in [2.75, 3.05) is 59.3 Å². The molecular formula is C14H25N5O2S. The fourth-order valence-corrected chi connectivity index (χ4v) is 3.13. The number of likely N-dealkylation sites (N-methyl/N-ethyl adjacent to an activating group) is 1. The van der Waals surface area contributed by atoms with E-state index in [1.165, 1.54) is 11.3 Å². The Morgan fingerprint density at radius 1 is 1.50 bits per heavy atom. The Morgan fingerprint density at radius 3 is 3.05 bits per heavy atom. The molecule has 1 atom stereocenters. The molecule has 8 heteroatoms. The van der Waals surface area contributed by atoms with Crippen molar-refractivity contribution in [2.45, 2.75) is 12.8 Å². The number of carbonyl (C=O) groups is 1. The van der Waals surface area contributed by atoms with Gasteiger partial charge < -0.3 is 19.9 Å². The summed E-state index contributed by atoms with van der Waals surface area (Å²) in [7, 11) is 5.75. The molecule has 0 aromatic carbocycles. The van der Waals surface area contributed by atoms with Gasteiger partial charge in [0.1, 0.15) is 5.01 Å². The summed E-state index contributed by atoms with van der Waals surface area (Å²) in [6.07, 6.45) is 1.75. The van der Waals surface area contributed by atoms with Crippen LogP contribution in [0.5, 0.6) is 0 Å². The average Bonchev–Trinajstić information content (AvgIpc) is 3.12. The average molecular weight is 327 g/mol. The third kappa shape index (κ3) is 5.28. The van der Waals surface area contributed by atoms with Crippen molar-refractivity contribution in [3.8, 4) is 0 Å². The zero-order valence-corrected chi connectivity index (χ0v) is 14.4. The summed E-state index contributed by atoms with van der Waals surface area (Å²) in [4.78, 5) is 16.6. The molecule has 0 radical (unpaired) electrons. The Kier molecular flexibility index (Phi) is 6.69. The van der Waals surface area contributed by atoms with E-state index in [1.54, 1.807) is 7.11 Å². The Hall–Kier alpha value is -1.09. The van der Waals surface area contributed by atoms with E-state index in [0.717, 1.165) is 44.0 Å². The lowest BCUT2D eigenvalue weighted by atomic mass is 10.1. The summed E-state index contributed by atoms with van der Waals surface area (Å²) in [5, 5.41) is 12.6. The third-order valence-corrected chi connectivity index (χ3v) is 4.62. The normalized spacial score (nSPS) is 19.0. The second-order valence-electron chi connectivity index (χ2n) is 5.82. The lowest BCUT2D eigenvalue weighted by molar-refractivity contribution is -0.119. The van der Waals surface area contributed by atoms with Crippen molar-refractivity contribution < 1.29 is 9.53 Å². The number of hydrogen-bond donors (Lipinski definition) is 1. The van der Waals surface area contributed by atoms with Crippen molar-refractivity contribution >= 4 is 22.4 Å². The monoisotopic (exact) mass is 327 g/mol. The summed E-state index contributed by atoms with van der Waals surface area (Å²) < 4.78 is 5.08. The fraction of sp³-hybridized carbons (Fsp3) is 0.786. The molecule has 0 saturated carbocycles. The van der Waals surface area contributed by atoms with Gasteiger partial charge in [-0.3, -0.25) is 4.79 Å². The van der Waals surface area contributed by atoms with Gasteiger partial charge in [-0.2, -0.15) is 0 Å². The topological polar surface area (TPSA) is 70.6 Å². The molecule has 7 nitrogen and oxygen atoms in total. The first-order chi connectivity index (χ1) is 10.6. The van der Waals surface area contributed by atoms with Gasteiger partial charge in [0.2, 0.25) is 11.0 Å². The molecular weight excluding hydrogens is 302 g/mol. The summed E-state index contributed by atoms with van der Waals surface area (Å²) in [5.41, 5.74) is 0. The molecule has 1 saturated heterocycles. The smallest absolute Gasteiger partial charge is 0.230 e.